The highest BCUT2D eigenvalue weighted by atomic mass is 32.1. The summed E-state index contributed by atoms with van der Waals surface area (Å²) in [5.74, 6) is 0.570. The van der Waals surface area contributed by atoms with Gasteiger partial charge >= 0.3 is 0 Å². The lowest BCUT2D eigenvalue weighted by molar-refractivity contribution is 0.397. The second kappa shape index (κ2) is 10.3. The third-order valence-corrected chi connectivity index (χ3v) is 3.43. The molecule has 3 rings (SSSR count). The molecule has 5 nitrogen and oxygen atoms in total. The van der Waals surface area contributed by atoms with Crippen LogP contribution in [0.3, 0.4) is 0 Å². The van der Waals surface area contributed by atoms with Gasteiger partial charge < -0.3 is 10.5 Å². The standard InChI is InChI=1S/C9H9N3OS.C6H7N.C2H6/c1-6-3-8(14-12-6)7-4-9(13-2)11-5-10-7;7-6-4-2-1-3-5-6;1-2/h3-5H,1-2H3;1-5H,7H2;1-2H3. The van der Waals surface area contributed by atoms with Crippen LogP contribution in [0.1, 0.15) is 19.5 Å². The Hall–Kier alpha value is -2.47. The van der Waals surface area contributed by atoms with E-state index < -0.39 is 0 Å². The highest BCUT2D eigenvalue weighted by Gasteiger charge is 2.04. The highest BCUT2D eigenvalue weighted by Crippen LogP contribution is 2.23. The molecule has 0 atom stereocenters. The predicted octanol–water partition coefficient (Wildman–Crippen LogP) is 4.21. The van der Waals surface area contributed by atoms with Crippen LogP contribution in [0, 0.1) is 6.92 Å². The SMILES string of the molecule is CC.COc1cc(-c2cc(C)ns2)ncn1.Nc1ccccc1. The number of ether oxygens (including phenoxy) is 1. The van der Waals surface area contributed by atoms with Gasteiger partial charge in [-0.1, -0.05) is 32.0 Å². The van der Waals surface area contributed by atoms with Crippen LogP contribution in [0.25, 0.3) is 10.6 Å². The number of aromatic nitrogens is 3. The van der Waals surface area contributed by atoms with Crippen molar-refractivity contribution in [1.29, 1.82) is 0 Å². The molecule has 23 heavy (non-hydrogen) atoms. The molecule has 2 aromatic heterocycles. The van der Waals surface area contributed by atoms with E-state index in [1.807, 2.05) is 57.2 Å². The van der Waals surface area contributed by atoms with E-state index in [1.165, 1.54) is 17.9 Å². The Kier molecular flexibility index (Phi) is 8.31. The Bertz CT molecular complexity index is 686. The van der Waals surface area contributed by atoms with Crippen molar-refractivity contribution in [2.45, 2.75) is 20.8 Å². The van der Waals surface area contributed by atoms with Crippen LogP contribution in [0.5, 0.6) is 5.88 Å². The summed E-state index contributed by atoms with van der Waals surface area (Å²) in [5, 5.41) is 0. The van der Waals surface area contributed by atoms with E-state index in [4.69, 9.17) is 10.5 Å². The van der Waals surface area contributed by atoms with E-state index in [2.05, 4.69) is 14.3 Å². The van der Waals surface area contributed by atoms with Crippen molar-refractivity contribution in [2.24, 2.45) is 0 Å². The zero-order chi connectivity index (χ0) is 17.1. The van der Waals surface area contributed by atoms with E-state index in [0.717, 1.165) is 22.0 Å². The maximum absolute atomic E-state index is 5.36. The van der Waals surface area contributed by atoms with Gasteiger partial charge in [0.1, 0.15) is 6.33 Å². The molecule has 0 amide bonds. The minimum absolute atomic E-state index is 0.570. The van der Waals surface area contributed by atoms with E-state index in [1.54, 1.807) is 13.2 Å². The molecule has 0 saturated heterocycles. The lowest BCUT2D eigenvalue weighted by Crippen LogP contribution is -1.89. The first kappa shape index (κ1) is 18.6. The number of aryl methyl sites for hydroxylation is 1. The molecule has 2 heterocycles. The smallest absolute Gasteiger partial charge is 0.216 e. The summed E-state index contributed by atoms with van der Waals surface area (Å²) in [6.45, 7) is 5.96. The third-order valence-electron chi connectivity index (χ3n) is 2.53. The summed E-state index contributed by atoms with van der Waals surface area (Å²) < 4.78 is 9.21. The van der Waals surface area contributed by atoms with E-state index in [9.17, 15) is 0 Å². The number of hydrogen-bond donors (Lipinski definition) is 1. The summed E-state index contributed by atoms with van der Waals surface area (Å²) in [4.78, 5) is 9.12. The Morgan fingerprint density at radius 1 is 1.04 bits per heavy atom. The average molecular weight is 330 g/mol. The van der Waals surface area contributed by atoms with Crippen molar-refractivity contribution >= 4 is 17.2 Å². The molecule has 2 N–H and O–H groups in total. The molecule has 0 unspecified atom stereocenters. The number of nitrogens with zero attached hydrogens (tertiary/aromatic N) is 3. The van der Waals surface area contributed by atoms with Crippen molar-refractivity contribution in [3.05, 3.63) is 54.5 Å². The van der Waals surface area contributed by atoms with Crippen LogP contribution in [0.15, 0.2) is 48.8 Å². The van der Waals surface area contributed by atoms with E-state index in [0.29, 0.717) is 5.88 Å². The van der Waals surface area contributed by atoms with Crippen LogP contribution in [0.2, 0.25) is 0 Å². The van der Waals surface area contributed by atoms with Gasteiger partial charge in [-0.05, 0) is 36.7 Å². The molecule has 0 aliphatic rings. The lowest BCUT2D eigenvalue weighted by atomic mass is 10.3. The van der Waals surface area contributed by atoms with Gasteiger partial charge in [-0.15, -0.1) is 0 Å². The number of rotatable bonds is 2. The molecule has 0 bridgehead atoms. The van der Waals surface area contributed by atoms with Gasteiger partial charge in [-0.25, -0.2) is 9.97 Å². The van der Waals surface area contributed by atoms with E-state index >= 15 is 0 Å². The van der Waals surface area contributed by atoms with Crippen molar-refractivity contribution < 1.29 is 4.74 Å². The first-order chi connectivity index (χ1) is 11.2. The molecule has 0 aliphatic carbocycles. The molecule has 122 valence electrons. The number of benzene rings is 1. The van der Waals surface area contributed by atoms with Crippen LogP contribution in [-0.4, -0.2) is 21.5 Å². The maximum atomic E-state index is 5.36. The van der Waals surface area contributed by atoms with Gasteiger partial charge in [0.15, 0.2) is 0 Å². The molecule has 3 aromatic rings. The Labute approximate surface area is 141 Å². The topological polar surface area (TPSA) is 73.9 Å². The fraction of sp³-hybridized carbons (Fsp3) is 0.235. The number of methoxy groups -OCH3 is 1. The van der Waals surface area contributed by atoms with Gasteiger partial charge in [-0.3, -0.25) is 0 Å². The molecule has 0 radical (unpaired) electrons. The first-order valence-electron chi connectivity index (χ1n) is 7.29. The highest BCUT2D eigenvalue weighted by molar-refractivity contribution is 7.09. The molecular weight excluding hydrogens is 308 g/mol. The Morgan fingerprint density at radius 3 is 2.22 bits per heavy atom. The van der Waals surface area contributed by atoms with Gasteiger partial charge in [0, 0.05) is 11.8 Å². The van der Waals surface area contributed by atoms with Crippen LogP contribution < -0.4 is 10.5 Å². The van der Waals surface area contributed by atoms with Gasteiger partial charge in [-0.2, -0.15) is 4.37 Å². The fourth-order valence-electron chi connectivity index (χ4n) is 1.52. The molecule has 0 aliphatic heterocycles. The van der Waals surface area contributed by atoms with E-state index in [-0.39, 0.29) is 0 Å². The van der Waals surface area contributed by atoms with Crippen LogP contribution >= 0.6 is 11.5 Å². The monoisotopic (exact) mass is 330 g/mol. The lowest BCUT2D eigenvalue weighted by Gasteiger charge is -1.98. The average Bonchev–Trinajstić information content (AvgIpc) is 3.04. The predicted molar refractivity (Wildman–Crippen MR) is 96.6 cm³/mol. The zero-order valence-electron chi connectivity index (χ0n) is 13.9. The summed E-state index contributed by atoms with van der Waals surface area (Å²) >= 11 is 1.43. The number of nitrogens with two attached hydrogens (primary N) is 1. The van der Waals surface area contributed by atoms with Crippen molar-refractivity contribution in [2.75, 3.05) is 12.8 Å². The molecule has 0 fully saturated rings. The number of anilines is 1. The van der Waals surface area contributed by atoms with Crippen molar-refractivity contribution in [1.82, 2.24) is 14.3 Å². The summed E-state index contributed by atoms with van der Waals surface area (Å²) in [5.41, 5.74) is 8.03. The van der Waals surface area contributed by atoms with Crippen LogP contribution in [-0.2, 0) is 0 Å². The molecule has 0 saturated carbocycles. The van der Waals surface area contributed by atoms with Crippen molar-refractivity contribution in [3.8, 4) is 16.5 Å². The second-order valence-electron chi connectivity index (χ2n) is 4.19. The Morgan fingerprint density at radius 2 is 1.74 bits per heavy atom. The normalized spacial score (nSPS) is 9.04. The number of nitrogen functional groups attached to an aromatic ring is 1. The van der Waals surface area contributed by atoms with Crippen LogP contribution in [0.4, 0.5) is 5.69 Å². The largest absolute Gasteiger partial charge is 0.481 e. The van der Waals surface area contributed by atoms with Gasteiger partial charge in [0.2, 0.25) is 5.88 Å². The molecule has 6 heteroatoms. The van der Waals surface area contributed by atoms with Crippen molar-refractivity contribution in [3.63, 3.8) is 0 Å². The maximum Gasteiger partial charge on any atom is 0.216 e. The Balaban J connectivity index is 0.000000247. The summed E-state index contributed by atoms with van der Waals surface area (Å²) in [6.07, 6.45) is 1.49. The summed E-state index contributed by atoms with van der Waals surface area (Å²) in [7, 11) is 1.59. The fourth-order valence-corrected chi connectivity index (χ4v) is 2.25. The van der Waals surface area contributed by atoms with Gasteiger partial charge in [0.05, 0.1) is 23.4 Å². The number of hydrogen-bond acceptors (Lipinski definition) is 6. The number of para-hydroxylation sites is 1. The first-order valence-corrected chi connectivity index (χ1v) is 8.06. The summed E-state index contributed by atoms with van der Waals surface area (Å²) in [6, 6.07) is 13.3. The minimum Gasteiger partial charge on any atom is -0.481 e. The molecule has 1 aromatic carbocycles. The zero-order valence-corrected chi connectivity index (χ0v) is 14.7. The van der Waals surface area contributed by atoms with Gasteiger partial charge in [0.25, 0.3) is 0 Å². The quantitative estimate of drug-likeness (QED) is 0.712. The third kappa shape index (κ3) is 6.44. The minimum atomic E-state index is 0.570. The molecule has 0 spiro atoms. The molecular formula is C17H22N4OS. The second-order valence-corrected chi connectivity index (χ2v) is 4.99.